The second-order valence-corrected chi connectivity index (χ2v) is 6.81. The van der Waals surface area contributed by atoms with Gasteiger partial charge in [0.05, 0.1) is 19.7 Å². The largest absolute Gasteiger partial charge is 0.496 e. The quantitative estimate of drug-likeness (QED) is 0.552. The van der Waals surface area contributed by atoms with Crippen molar-refractivity contribution < 1.29 is 19.1 Å². The van der Waals surface area contributed by atoms with Crippen molar-refractivity contribution in [2.75, 3.05) is 7.11 Å². The molecular weight excluding hydrogens is 400 g/mol. The molecule has 1 atom stereocenters. The minimum absolute atomic E-state index is 0.0377. The van der Waals surface area contributed by atoms with Gasteiger partial charge in [-0.05, 0) is 30.7 Å². The molecule has 26 heavy (non-hydrogen) atoms. The highest BCUT2D eigenvalue weighted by atomic mass is 79.9. The lowest BCUT2D eigenvalue weighted by Crippen LogP contribution is -2.35. The first-order valence-electron chi connectivity index (χ1n) is 8.00. The molecule has 0 bridgehead atoms. The zero-order chi connectivity index (χ0) is 18.8. The zero-order valence-corrected chi connectivity index (χ0v) is 15.9. The van der Waals surface area contributed by atoms with Crippen molar-refractivity contribution in [3.63, 3.8) is 0 Å². The Kier molecular flexibility index (Phi) is 5.08. The highest BCUT2D eigenvalue weighted by Gasteiger charge is 2.47. The Labute approximate surface area is 159 Å². The number of hydrogen-bond donors (Lipinski definition) is 0. The fraction of sp³-hybridized carbons (Fsp3) is 0.211. The third kappa shape index (κ3) is 3.22. The topological polar surface area (TPSA) is 66.9 Å². The van der Waals surface area contributed by atoms with E-state index in [0.29, 0.717) is 11.3 Å². The maximum atomic E-state index is 12.8. The molecule has 1 aliphatic heterocycles. The van der Waals surface area contributed by atoms with Crippen LogP contribution in [0, 0.1) is 0 Å². The normalized spacial score (nSPS) is 15.6. The summed E-state index contributed by atoms with van der Waals surface area (Å²) < 4.78 is 6.07. The lowest BCUT2D eigenvalue weighted by Gasteiger charge is -2.22. The van der Waals surface area contributed by atoms with Gasteiger partial charge in [-0.25, -0.2) is 9.69 Å². The molecule has 6 nitrogen and oxygen atoms in total. The molecule has 2 aromatic rings. The number of urea groups is 1. The molecule has 0 aliphatic carbocycles. The van der Waals surface area contributed by atoms with Crippen LogP contribution in [0.5, 0.6) is 5.75 Å². The van der Waals surface area contributed by atoms with E-state index < -0.39 is 23.9 Å². The molecule has 1 unspecified atom stereocenters. The van der Waals surface area contributed by atoms with E-state index in [1.165, 1.54) is 7.11 Å². The molecule has 3 rings (SSSR count). The molecule has 2 aromatic carbocycles. The highest BCUT2D eigenvalue weighted by Crippen LogP contribution is 2.30. The minimum Gasteiger partial charge on any atom is -0.496 e. The first-order chi connectivity index (χ1) is 12.4. The average molecular weight is 417 g/mol. The molecular formula is C19H17BrN2O4. The van der Waals surface area contributed by atoms with Gasteiger partial charge in [0.25, 0.3) is 0 Å². The van der Waals surface area contributed by atoms with Crippen molar-refractivity contribution in [2.45, 2.75) is 19.5 Å². The van der Waals surface area contributed by atoms with Gasteiger partial charge in [0.1, 0.15) is 5.75 Å². The number of carbonyl (C=O) groups excluding carboxylic acids is 3. The monoisotopic (exact) mass is 416 g/mol. The molecule has 0 spiro atoms. The van der Waals surface area contributed by atoms with Crippen molar-refractivity contribution in [2.24, 2.45) is 0 Å². The average Bonchev–Trinajstić information content (AvgIpc) is 2.85. The van der Waals surface area contributed by atoms with Gasteiger partial charge in [-0.2, -0.15) is 0 Å². The predicted molar refractivity (Wildman–Crippen MR) is 98.3 cm³/mol. The maximum Gasteiger partial charge on any atom is 0.335 e. The summed E-state index contributed by atoms with van der Waals surface area (Å²) in [5, 5.41) is 0. The van der Waals surface area contributed by atoms with Crippen LogP contribution >= 0.6 is 15.9 Å². The van der Waals surface area contributed by atoms with E-state index in [2.05, 4.69) is 15.9 Å². The number of imide groups is 2. The lowest BCUT2D eigenvalue weighted by atomic mass is 10.1. The number of nitrogens with zero attached hydrogens (tertiary/aromatic N) is 2. The lowest BCUT2D eigenvalue weighted by molar-refractivity contribution is -0.144. The van der Waals surface area contributed by atoms with Crippen LogP contribution in [0.3, 0.4) is 0 Å². The van der Waals surface area contributed by atoms with Crippen molar-refractivity contribution in [3.05, 3.63) is 64.1 Å². The van der Waals surface area contributed by atoms with Gasteiger partial charge in [-0.1, -0.05) is 46.3 Å². The van der Waals surface area contributed by atoms with Gasteiger partial charge >= 0.3 is 17.8 Å². The molecule has 4 amide bonds. The molecule has 7 heteroatoms. The van der Waals surface area contributed by atoms with Crippen LogP contribution in [-0.2, 0) is 16.1 Å². The number of carbonyl (C=O) groups is 3. The molecule has 0 aromatic heterocycles. The van der Waals surface area contributed by atoms with E-state index in [1.807, 2.05) is 30.3 Å². The van der Waals surface area contributed by atoms with Gasteiger partial charge in [0.15, 0.2) is 0 Å². The Morgan fingerprint density at radius 1 is 1.04 bits per heavy atom. The minimum atomic E-state index is -0.834. The highest BCUT2D eigenvalue weighted by molar-refractivity contribution is 9.10. The number of hydrogen-bond acceptors (Lipinski definition) is 4. The Morgan fingerprint density at radius 2 is 1.73 bits per heavy atom. The van der Waals surface area contributed by atoms with Gasteiger partial charge in [-0.3, -0.25) is 14.5 Å². The van der Waals surface area contributed by atoms with Crippen LogP contribution in [0.15, 0.2) is 53.0 Å². The van der Waals surface area contributed by atoms with E-state index in [0.717, 1.165) is 19.8 Å². The molecule has 0 radical (unpaired) electrons. The Hall–Kier alpha value is -2.67. The number of rotatable bonds is 5. The summed E-state index contributed by atoms with van der Waals surface area (Å²) in [6.07, 6.45) is 0. The third-order valence-electron chi connectivity index (χ3n) is 4.32. The summed E-state index contributed by atoms with van der Waals surface area (Å²) in [6.45, 7) is 1.69. The summed E-state index contributed by atoms with van der Waals surface area (Å²) >= 11 is 3.36. The smallest absolute Gasteiger partial charge is 0.335 e. The summed E-state index contributed by atoms with van der Waals surface area (Å²) in [7, 11) is 1.51. The van der Waals surface area contributed by atoms with E-state index in [1.54, 1.807) is 25.1 Å². The van der Waals surface area contributed by atoms with E-state index in [-0.39, 0.29) is 6.54 Å². The Balaban J connectivity index is 1.89. The Bertz CT molecular complexity index is 869. The number of methoxy groups -OCH3 is 1. The van der Waals surface area contributed by atoms with Crippen molar-refractivity contribution in [3.8, 4) is 5.75 Å². The third-order valence-corrected chi connectivity index (χ3v) is 4.82. The molecule has 0 saturated carbocycles. The zero-order valence-electron chi connectivity index (χ0n) is 14.3. The number of benzene rings is 2. The molecule has 134 valence electrons. The molecule has 1 fully saturated rings. The van der Waals surface area contributed by atoms with E-state index >= 15 is 0 Å². The molecule has 1 heterocycles. The summed E-state index contributed by atoms with van der Waals surface area (Å²) in [5.41, 5.74) is 1.41. The fourth-order valence-corrected chi connectivity index (χ4v) is 3.33. The Morgan fingerprint density at radius 3 is 2.38 bits per heavy atom. The van der Waals surface area contributed by atoms with Gasteiger partial charge in [0.2, 0.25) is 0 Å². The maximum absolute atomic E-state index is 12.8. The standard InChI is InChI=1S/C19H17BrN2O4/c1-12(13-6-4-3-5-7-13)22-18(24)17(23)21(19(22)25)11-14-10-15(20)8-9-16(14)26-2/h3-10,12H,11H2,1-2H3. The first-order valence-corrected chi connectivity index (χ1v) is 8.79. The van der Waals surface area contributed by atoms with E-state index in [9.17, 15) is 14.4 Å². The summed E-state index contributed by atoms with van der Waals surface area (Å²) in [5.74, 6) is -1.11. The summed E-state index contributed by atoms with van der Waals surface area (Å²) in [4.78, 5) is 39.6. The number of ether oxygens (including phenoxy) is 1. The molecule has 1 aliphatic rings. The van der Waals surface area contributed by atoms with Crippen LogP contribution in [0.2, 0.25) is 0 Å². The summed E-state index contributed by atoms with van der Waals surface area (Å²) in [6, 6.07) is 13.2. The van der Waals surface area contributed by atoms with Crippen molar-refractivity contribution in [1.82, 2.24) is 9.80 Å². The van der Waals surface area contributed by atoms with Crippen LogP contribution in [-0.4, -0.2) is 34.8 Å². The second-order valence-electron chi connectivity index (χ2n) is 5.89. The fourth-order valence-electron chi connectivity index (χ4n) is 2.92. The van der Waals surface area contributed by atoms with Crippen LogP contribution in [0.25, 0.3) is 0 Å². The van der Waals surface area contributed by atoms with Crippen LogP contribution in [0.1, 0.15) is 24.1 Å². The number of halogens is 1. The predicted octanol–water partition coefficient (Wildman–Crippen LogP) is 3.51. The van der Waals surface area contributed by atoms with Gasteiger partial charge < -0.3 is 4.74 Å². The second kappa shape index (κ2) is 7.29. The molecule has 0 N–H and O–H groups in total. The van der Waals surface area contributed by atoms with Gasteiger partial charge in [0, 0.05) is 10.0 Å². The van der Waals surface area contributed by atoms with Crippen LogP contribution in [0.4, 0.5) is 4.79 Å². The number of amides is 4. The first kappa shape index (κ1) is 18.1. The van der Waals surface area contributed by atoms with E-state index in [4.69, 9.17) is 4.74 Å². The van der Waals surface area contributed by atoms with Crippen molar-refractivity contribution in [1.29, 1.82) is 0 Å². The molecule has 1 saturated heterocycles. The SMILES string of the molecule is COc1ccc(Br)cc1CN1C(=O)C(=O)N(C(C)c2ccccc2)C1=O. The van der Waals surface area contributed by atoms with Crippen LogP contribution < -0.4 is 4.74 Å². The van der Waals surface area contributed by atoms with Crippen molar-refractivity contribution >= 4 is 33.8 Å². The van der Waals surface area contributed by atoms with Gasteiger partial charge in [-0.15, -0.1) is 0 Å².